The molecule has 0 saturated carbocycles. The number of nitrogens with one attached hydrogen (secondary N) is 2. The van der Waals surface area contributed by atoms with Gasteiger partial charge in [0, 0.05) is 24.3 Å². The Bertz CT molecular complexity index is 648. The molecule has 8 nitrogen and oxygen atoms in total. The van der Waals surface area contributed by atoms with Gasteiger partial charge in [0.15, 0.2) is 5.13 Å². The first-order valence-electron chi connectivity index (χ1n) is 8.92. The van der Waals surface area contributed by atoms with E-state index in [2.05, 4.69) is 10.3 Å². The number of unbranched alkanes of at least 4 members (excludes halogenated alkanes) is 1. The molecule has 1 aromatic rings. The molecule has 0 bridgehead atoms. The molecule has 0 aromatic carbocycles. The Morgan fingerprint density at radius 1 is 1.46 bits per heavy atom. The number of aromatic nitrogens is 1. The number of thiazole rings is 1. The van der Waals surface area contributed by atoms with Crippen molar-refractivity contribution in [3.8, 4) is 0 Å². The molecule has 144 valence electrons. The number of hydrogen-bond donors (Lipinski definition) is 3. The fourth-order valence-corrected chi connectivity index (χ4v) is 3.86. The van der Waals surface area contributed by atoms with Crippen LogP contribution in [0.15, 0.2) is 5.38 Å². The first-order valence-corrected chi connectivity index (χ1v) is 9.80. The summed E-state index contributed by atoms with van der Waals surface area (Å²) >= 11 is 1.35. The van der Waals surface area contributed by atoms with E-state index in [1.165, 1.54) is 11.3 Å². The molecule has 26 heavy (non-hydrogen) atoms. The molecule has 1 saturated heterocycles. The monoisotopic (exact) mass is 382 g/mol. The number of carbonyl (C=O) groups excluding carboxylic acids is 3. The van der Waals surface area contributed by atoms with Gasteiger partial charge in [0.2, 0.25) is 17.7 Å². The number of nitrogens with zero attached hydrogens (tertiary/aromatic N) is 2. The van der Waals surface area contributed by atoms with Gasteiger partial charge < -0.3 is 10.2 Å². The number of hydroxylamine groups is 1. The minimum Gasteiger partial charge on any atom is -0.330 e. The van der Waals surface area contributed by atoms with Crippen LogP contribution in [0, 0.1) is 12.8 Å². The quantitative estimate of drug-likeness (QED) is 0.471. The Morgan fingerprint density at radius 2 is 2.23 bits per heavy atom. The Labute approximate surface area is 156 Å². The lowest BCUT2D eigenvalue weighted by Crippen LogP contribution is -2.46. The van der Waals surface area contributed by atoms with Gasteiger partial charge in [-0.15, -0.1) is 11.3 Å². The Hall–Kier alpha value is -2.00. The summed E-state index contributed by atoms with van der Waals surface area (Å²) in [5.41, 5.74) is 2.42. The van der Waals surface area contributed by atoms with Crippen molar-refractivity contribution in [2.24, 2.45) is 5.92 Å². The fraction of sp³-hybridized carbons (Fsp3) is 0.647. The summed E-state index contributed by atoms with van der Waals surface area (Å²) in [6.07, 6.45) is 3.52. The van der Waals surface area contributed by atoms with Gasteiger partial charge in [-0.05, 0) is 26.2 Å². The molecule has 1 aromatic heterocycles. The first kappa shape index (κ1) is 20.3. The predicted molar refractivity (Wildman–Crippen MR) is 97.8 cm³/mol. The molecule has 2 heterocycles. The number of anilines is 1. The highest BCUT2D eigenvalue weighted by Gasteiger charge is 2.37. The number of hydrogen-bond acceptors (Lipinski definition) is 6. The maximum absolute atomic E-state index is 12.9. The molecule has 1 aliphatic heterocycles. The van der Waals surface area contributed by atoms with Crippen molar-refractivity contribution in [2.45, 2.75) is 58.4 Å². The van der Waals surface area contributed by atoms with Gasteiger partial charge >= 0.3 is 0 Å². The number of likely N-dealkylation sites (tertiary alicyclic amines) is 1. The Morgan fingerprint density at radius 3 is 2.85 bits per heavy atom. The minimum absolute atomic E-state index is 0.0775. The highest BCUT2D eigenvalue weighted by atomic mass is 32.1. The summed E-state index contributed by atoms with van der Waals surface area (Å²) in [6, 6.07) is -0.548. The lowest BCUT2D eigenvalue weighted by Gasteiger charge is -2.27. The molecule has 1 fully saturated rings. The second-order valence-electron chi connectivity index (χ2n) is 6.55. The lowest BCUT2D eigenvalue weighted by molar-refractivity contribution is -0.143. The van der Waals surface area contributed by atoms with E-state index in [1.807, 2.05) is 19.2 Å². The van der Waals surface area contributed by atoms with Crippen LogP contribution in [0.1, 0.15) is 51.1 Å². The van der Waals surface area contributed by atoms with Crippen molar-refractivity contribution in [1.82, 2.24) is 15.4 Å². The fourth-order valence-electron chi connectivity index (χ4n) is 3.17. The van der Waals surface area contributed by atoms with Gasteiger partial charge in [0.05, 0.1) is 5.69 Å². The van der Waals surface area contributed by atoms with Crippen LogP contribution < -0.4 is 10.8 Å². The molecule has 2 unspecified atom stereocenters. The number of carbonyl (C=O) groups is 3. The van der Waals surface area contributed by atoms with Crippen molar-refractivity contribution >= 4 is 34.2 Å². The van der Waals surface area contributed by atoms with Gasteiger partial charge in [-0.25, -0.2) is 10.5 Å². The van der Waals surface area contributed by atoms with Gasteiger partial charge in [0.25, 0.3) is 0 Å². The van der Waals surface area contributed by atoms with E-state index in [4.69, 9.17) is 5.21 Å². The van der Waals surface area contributed by atoms with Crippen LogP contribution >= 0.6 is 11.3 Å². The van der Waals surface area contributed by atoms with Crippen LogP contribution in [0.3, 0.4) is 0 Å². The Balaban J connectivity index is 2.06. The molecule has 3 amide bonds. The maximum Gasteiger partial charge on any atom is 0.248 e. The van der Waals surface area contributed by atoms with Crippen LogP contribution in [0.25, 0.3) is 0 Å². The van der Waals surface area contributed by atoms with Crippen molar-refractivity contribution in [2.75, 3.05) is 11.9 Å². The minimum atomic E-state index is -0.585. The SMILES string of the molecule is CCCCC(CC(=O)NO)C(=O)N1CCCC1C(=O)Nc1nc(C)cs1. The van der Waals surface area contributed by atoms with E-state index in [1.54, 1.807) is 10.4 Å². The zero-order chi connectivity index (χ0) is 19.1. The summed E-state index contributed by atoms with van der Waals surface area (Å²) in [4.78, 5) is 42.9. The van der Waals surface area contributed by atoms with Crippen LogP contribution in [-0.2, 0) is 14.4 Å². The van der Waals surface area contributed by atoms with Crippen LogP contribution in [-0.4, -0.2) is 45.4 Å². The van der Waals surface area contributed by atoms with Crippen molar-refractivity contribution < 1.29 is 19.6 Å². The van der Waals surface area contributed by atoms with Crippen LogP contribution in [0.5, 0.6) is 0 Å². The molecule has 0 spiro atoms. The zero-order valence-corrected chi connectivity index (χ0v) is 16.0. The molecule has 2 atom stereocenters. The average Bonchev–Trinajstić information content (AvgIpc) is 3.26. The molecular weight excluding hydrogens is 356 g/mol. The highest BCUT2D eigenvalue weighted by Crippen LogP contribution is 2.25. The third kappa shape index (κ3) is 5.25. The van der Waals surface area contributed by atoms with E-state index in [0.29, 0.717) is 24.5 Å². The van der Waals surface area contributed by atoms with Crippen molar-refractivity contribution in [3.63, 3.8) is 0 Å². The van der Waals surface area contributed by atoms with E-state index in [9.17, 15) is 14.4 Å². The van der Waals surface area contributed by atoms with Gasteiger partial charge in [-0.3, -0.25) is 19.6 Å². The van der Waals surface area contributed by atoms with E-state index >= 15 is 0 Å². The lowest BCUT2D eigenvalue weighted by atomic mass is 9.96. The summed E-state index contributed by atoms with van der Waals surface area (Å²) in [5, 5.41) is 13.9. The van der Waals surface area contributed by atoms with Gasteiger partial charge in [0.1, 0.15) is 6.04 Å². The smallest absolute Gasteiger partial charge is 0.248 e. The van der Waals surface area contributed by atoms with E-state index in [0.717, 1.165) is 25.0 Å². The number of rotatable bonds is 8. The normalized spacial score (nSPS) is 17.8. The third-order valence-electron chi connectivity index (χ3n) is 4.50. The number of aryl methyl sites for hydroxylation is 1. The second kappa shape index (κ2) is 9.63. The molecule has 1 aliphatic rings. The predicted octanol–water partition coefficient (Wildman–Crippen LogP) is 2.08. The van der Waals surface area contributed by atoms with Gasteiger partial charge in [-0.2, -0.15) is 0 Å². The number of amides is 3. The van der Waals surface area contributed by atoms with Crippen LogP contribution in [0.2, 0.25) is 0 Å². The highest BCUT2D eigenvalue weighted by molar-refractivity contribution is 7.13. The molecule has 3 N–H and O–H groups in total. The summed E-state index contributed by atoms with van der Waals surface area (Å²) in [6.45, 7) is 4.36. The zero-order valence-electron chi connectivity index (χ0n) is 15.2. The summed E-state index contributed by atoms with van der Waals surface area (Å²) in [5.74, 6) is -1.56. The average molecular weight is 382 g/mol. The topological polar surface area (TPSA) is 112 Å². The standard InChI is InChI=1S/C17H26N4O4S/c1-3-4-6-12(9-14(22)20-25)16(24)21-8-5-7-13(21)15(23)19-17-18-11(2)10-26-17/h10,12-13,25H,3-9H2,1-2H3,(H,20,22)(H,18,19,23). The summed E-state index contributed by atoms with van der Waals surface area (Å²) < 4.78 is 0. The van der Waals surface area contributed by atoms with Crippen LogP contribution in [0.4, 0.5) is 5.13 Å². The molecule has 2 rings (SSSR count). The molecule has 0 radical (unpaired) electrons. The largest absolute Gasteiger partial charge is 0.330 e. The third-order valence-corrected chi connectivity index (χ3v) is 5.38. The maximum atomic E-state index is 12.9. The van der Waals surface area contributed by atoms with E-state index in [-0.39, 0.29) is 18.2 Å². The van der Waals surface area contributed by atoms with Crippen molar-refractivity contribution in [3.05, 3.63) is 11.1 Å². The molecular formula is C17H26N4O4S. The van der Waals surface area contributed by atoms with E-state index < -0.39 is 17.9 Å². The van der Waals surface area contributed by atoms with Crippen molar-refractivity contribution in [1.29, 1.82) is 0 Å². The Kier molecular flexibility index (Phi) is 7.52. The van der Waals surface area contributed by atoms with Gasteiger partial charge in [-0.1, -0.05) is 19.8 Å². The summed E-state index contributed by atoms with van der Waals surface area (Å²) in [7, 11) is 0. The second-order valence-corrected chi connectivity index (χ2v) is 7.41. The molecule has 9 heteroatoms. The molecule has 0 aliphatic carbocycles. The first-order chi connectivity index (χ1) is 12.5.